The largest absolute Gasteiger partial charge is 2.00 e. The molecule has 0 fully saturated rings. The van der Waals surface area contributed by atoms with Gasteiger partial charge in [-0.3, -0.25) is 0 Å². The molecule has 82 valence electrons. The van der Waals surface area contributed by atoms with E-state index in [-0.39, 0.29) is 29.5 Å². The molecule has 0 rings (SSSR count). The maximum Gasteiger partial charge on any atom is 2.00 e. The fourth-order valence-corrected chi connectivity index (χ4v) is 1.65. The van der Waals surface area contributed by atoms with Crippen molar-refractivity contribution in [3.8, 4) is 0 Å². The summed E-state index contributed by atoms with van der Waals surface area (Å²) in [4.78, 5) is 21.9. The van der Waals surface area contributed by atoms with E-state index < -0.39 is 22.8 Å². The van der Waals surface area contributed by atoms with Crippen molar-refractivity contribution in [1.29, 1.82) is 0 Å². The molecule has 4 nitrogen and oxygen atoms in total. The summed E-state index contributed by atoms with van der Waals surface area (Å²) in [5.74, 6) is -3.13. The van der Waals surface area contributed by atoms with Crippen LogP contribution < -0.4 is 10.2 Å². The number of aliphatic carboxylic acids is 2. The first-order valence-electron chi connectivity index (χ1n) is 4.63. The zero-order valence-electron chi connectivity index (χ0n) is 9.75. The van der Waals surface area contributed by atoms with E-state index in [0.717, 1.165) is 0 Å². The predicted molar refractivity (Wildman–Crippen MR) is 52.6 cm³/mol. The molecule has 0 N–H and O–H groups in total. The van der Waals surface area contributed by atoms with Gasteiger partial charge in [0.2, 0.25) is 0 Å². The summed E-state index contributed by atoms with van der Waals surface area (Å²) < 4.78 is 0. The molecule has 5 heteroatoms. The molecule has 0 aromatic carbocycles. The molecule has 0 bridgehead atoms. The number of carboxylic acid groups (broad SMARTS) is 2. The van der Waals surface area contributed by atoms with Crippen molar-refractivity contribution in [3.05, 3.63) is 0 Å². The van der Waals surface area contributed by atoms with E-state index in [1.165, 1.54) is 0 Å². The Morgan fingerprint density at radius 3 is 1.47 bits per heavy atom. The molecular weight excluding hydrogens is 208 g/mol. The second-order valence-electron chi connectivity index (χ2n) is 4.48. The third kappa shape index (κ3) is 3.08. The van der Waals surface area contributed by atoms with Crippen molar-refractivity contribution in [3.63, 3.8) is 0 Å². The molecule has 0 unspecified atom stereocenters. The van der Waals surface area contributed by atoms with Crippen molar-refractivity contribution in [2.75, 3.05) is 0 Å². The Hall–Kier alpha value is -0.294. The van der Waals surface area contributed by atoms with Gasteiger partial charge in [-0.05, 0) is 11.8 Å². The Balaban J connectivity index is 0. The number of hydrogen-bond donors (Lipinski definition) is 0. The number of carbonyl (C=O) groups excluding carboxylic acids is 2. The molecule has 0 aromatic heterocycles. The first kappa shape index (κ1) is 17.1. The molecule has 0 aliphatic rings. The molecule has 0 radical (unpaired) electrons. The number of carbonyl (C=O) groups is 2. The minimum absolute atomic E-state index is 0. The van der Waals surface area contributed by atoms with Crippen molar-refractivity contribution in [2.24, 2.45) is 10.8 Å². The average molecular weight is 225 g/mol. The molecule has 0 aliphatic heterocycles. The molecule has 0 saturated carbocycles. The van der Waals surface area contributed by atoms with Gasteiger partial charge in [-0.2, -0.15) is 0 Å². The van der Waals surface area contributed by atoms with Crippen LogP contribution in [0.2, 0.25) is 0 Å². The van der Waals surface area contributed by atoms with Crippen molar-refractivity contribution in [1.82, 2.24) is 0 Å². The Bertz CT molecular complexity index is 228. The van der Waals surface area contributed by atoms with Crippen LogP contribution >= 0.6 is 0 Å². The van der Waals surface area contributed by atoms with Gasteiger partial charge in [0.15, 0.2) is 0 Å². The van der Waals surface area contributed by atoms with Gasteiger partial charge in [-0.15, -0.1) is 0 Å². The molecule has 0 aliphatic carbocycles. The van der Waals surface area contributed by atoms with E-state index in [2.05, 4.69) is 0 Å². The molecule has 0 spiro atoms. The number of carboxylic acids is 2. The molecule has 0 amide bonds. The molecular formula is C10H16MgO4. The Morgan fingerprint density at radius 1 is 1.07 bits per heavy atom. The predicted octanol–water partition coefficient (Wildman–Crippen LogP) is -1.06. The number of rotatable bonds is 4. The maximum absolute atomic E-state index is 11.0. The van der Waals surface area contributed by atoms with Crippen LogP contribution in [0.3, 0.4) is 0 Å². The summed E-state index contributed by atoms with van der Waals surface area (Å²) in [6, 6.07) is 0. The van der Waals surface area contributed by atoms with Crippen LogP contribution in [0, 0.1) is 10.8 Å². The topological polar surface area (TPSA) is 80.3 Å². The number of hydrogen-bond acceptors (Lipinski definition) is 4. The zero-order chi connectivity index (χ0) is 11.6. The third-order valence-electron chi connectivity index (χ3n) is 2.60. The van der Waals surface area contributed by atoms with E-state index in [4.69, 9.17) is 0 Å². The quantitative estimate of drug-likeness (QED) is 0.450. The molecule has 0 saturated heterocycles. The van der Waals surface area contributed by atoms with Crippen LogP contribution in [-0.2, 0) is 9.59 Å². The van der Waals surface area contributed by atoms with Crippen LogP contribution in [-0.4, -0.2) is 35.0 Å². The summed E-state index contributed by atoms with van der Waals surface area (Å²) in [6.45, 7) is 6.42. The fraction of sp³-hybridized carbons (Fsp3) is 0.800. The standard InChI is InChI=1S/C10H18O4.Mg/c1-5-6-10(7(11)12,8(13)14)9(2,3)4;/h5-6H2,1-4H3,(H,11,12)(H,13,14);/q;+2/p-2. The normalized spacial score (nSPS) is 11.7. The molecule has 0 atom stereocenters. The van der Waals surface area contributed by atoms with Crippen molar-refractivity contribution >= 4 is 35.0 Å². The molecule has 15 heavy (non-hydrogen) atoms. The van der Waals surface area contributed by atoms with E-state index in [0.29, 0.717) is 6.42 Å². The first-order chi connectivity index (χ1) is 6.20. The second kappa shape index (κ2) is 5.70. The molecule has 0 heterocycles. The molecule has 0 aromatic rings. The summed E-state index contributed by atoms with van der Waals surface area (Å²) in [5.41, 5.74) is -2.82. The average Bonchev–Trinajstić information content (AvgIpc) is 1.95. The van der Waals surface area contributed by atoms with E-state index >= 15 is 0 Å². The van der Waals surface area contributed by atoms with E-state index in [9.17, 15) is 19.8 Å². The van der Waals surface area contributed by atoms with Crippen LogP contribution in [0.4, 0.5) is 0 Å². The monoisotopic (exact) mass is 224 g/mol. The Labute approximate surface area is 106 Å². The van der Waals surface area contributed by atoms with Gasteiger partial charge in [0.05, 0.1) is 17.4 Å². The first-order valence-corrected chi connectivity index (χ1v) is 4.63. The van der Waals surface area contributed by atoms with Crippen LogP contribution in [0.15, 0.2) is 0 Å². The third-order valence-corrected chi connectivity index (χ3v) is 2.60. The van der Waals surface area contributed by atoms with Gasteiger partial charge in [0, 0.05) is 0 Å². The maximum atomic E-state index is 11.0. The SMILES string of the molecule is CCCC(C(=O)[O-])(C(=O)[O-])C(C)(C)C.[Mg+2]. The van der Waals surface area contributed by atoms with Gasteiger partial charge in [-0.25, -0.2) is 0 Å². The Morgan fingerprint density at radius 2 is 1.40 bits per heavy atom. The summed E-state index contributed by atoms with van der Waals surface area (Å²) >= 11 is 0. The van der Waals surface area contributed by atoms with Gasteiger partial charge in [-0.1, -0.05) is 34.1 Å². The second-order valence-corrected chi connectivity index (χ2v) is 4.48. The van der Waals surface area contributed by atoms with Gasteiger partial charge >= 0.3 is 23.1 Å². The minimum atomic E-state index is -1.90. The smallest absolute Gasteiger partial charge is 0.549 e. The summed E-state index contributed by atoms with van der Waals surface area (Å²) in [6.07, 6.45) is 0.487. The van der Waals surface area contributed by atoms with Crippen molar-refractivity contribution in [2.45, 2.75) is 40.5 Å². The van der Waals surface area contributed by atoms with E-state index in [1.807, 2.05) is 0 Å². The Kier molecular flexibility index (Phi) is 6.50. The van der Waals surface area contributed by atoms with Crippen molar-refractivity contribution < 1.29 is 19.8 Å². The summed E-state index contributed by atoms with van der Waals surface area (Å²) in [7, 11) is 0. The van der Waals surface area contributed by atoms with Gasteiger partial charge in [0.25, 0.3) is 0 Å². The van der Waals surface area contributed by atoms with Crippen LogP contribution in [0.25, 0.3) is 0 Å². The van der Waals surface area contributed by atoms with Gasteiger partial charge < -0.3 is 19.8 Å². The summed E-state index contributed by atoms with van der Waals surface area (Å²) in [5, 5.41) is 21.9. The zero-order valence-corrected chi connectivity index (χ0v) is 11.2. The van der Waals surface area contributed by atoms with Gasteiger partial charge in [0.1, 0.15) is 0 Å². The van der Waals surface area contributed by atoms with E-state index in [1.54, 1.807) is 27.7 Å². The fourth-order valence-electron chi connectivity index (χ4n) is 1.65. The van der Waals surface area contributed by atoms with Crippen LogP contribution in [0.1, 0.15) is 40.5 Å². The minimum Gasteiger partial charge on any atom is -0.549 e. The van der Waals surface area contributed by atoms with Crippen LogP contribution in [0.5, 0.6) is 0 Å².